The summed E-state index contributed by atoms with van der Waals surface area (Å²) in [5, 5.41) is 9.99. The number of aliphatic hydroxyl groups excluding tert-OH is 1. The van der Waals surface area contributed by atoms with E-state index in [-0.39, 0.29) is 6.10 Å². The van der Waals surface area contributed by atoms with Crippen molar-refractivity contribution in [1.82, 2.24) is 4.98 Å². The van der Waals surface area contributed by atoms with Crippen LogP contribution in [-0.2, 0) is 0 Å². The van der Waals surface area contributed by atoms with Gasteiger partial charge < -0.3 is 20.5 Å². The highest BCUT2D eigenvalue weighted by Crippen LogP contribution is 2.39. The molecule has 1 aliphatic heterocycles. The summed E-state index contributed by atoms with van der Waals surface area (Å²) in [6, 6.07) is 3.80. The first-order valence-corrected chi connectivity index (χ1v) is 7.51. The molecular formula is C15H23N3O2. The lowest BCUT2D eigenvalue weighted by Gasteiger charge is -2.20. The maximum Gasteiger partial charge on any atom is 0.239 e. The van der Waals surface area contributed by atoms with Gasteiger partial charge in [-0.25, -0.2) is 0 Å². The quantitative estimate of drug-likeness (QED) is 0.875. The minimum absolute atomic E-state index is 0.144. The monoisotopic (exact) mass is 277 g/mol. The average molecular weight is 277 g/mol. The number of rotatable bonds is 4. The lowest BCUT2D eigenvalue weighted by Crippen LogP contribution is -2.25. The Kier molecular flexibility index (Phi) is 3.70. The Hall–Kier alpha value is -1.49. The number of hydrogen-bond donors (Lipinski definition) is 2. The van der Waals surface area contributed by atoms with E-state index < -0.39 is 0 Å². The average Bonchev–Trinajstić information content (AvgIpc) is 3.01. The van der Waals surface area contributed by atoms with Gasteiger partial charge in [0.25, 0.3) is 0 Å². The Morgan fingerprint density at radius 3 is 3.00 bits per heavy atom. The van der Waals surface area contributed by atoms with E-state index in [1.165, 1.54) is 0 Å². The van der Waals surface area contributed by atoms with Crippen LogP contribution in [0.2, 0.25) is 0 Å². The van der Waals surface area contributed by atoms with Crippen LogP contribution in [0.3, 0.4) is 0 Å². The molecule has 1 aromatic heterocycles. The molecule has 5 heteroatoms. The Morgan fingerprint density at radius 2 is 2.25 bits per heavy atom. The number of anilines is 2. The number of hydrogen-bond acceptors (Lipinski definition) is 5. The first-order valence-electron chi connectivity index (χ1n) is 7.51. The van der Waals surface area contributed by atoms with Gasteiger partial charge in [-0.3, -0.25) is 0 Å². The standard InChI is InChI=1S/C15H23N3O2/c1-2-7-20-15-12(16)4-6-14(17-15)18-8-10-3-5-13(19)11(10)9-18/h4,6,10-11,13,19H,2-3,5,7-9,16H2,1H3. The van der Waals surface area contributed by atoms with E-state index in [2.05, 4.69) is 16.8 Å². The van der Waals surface area contributed by atoms with Gasteiger partial charge in [-0.05, 0) is 37.3 Å². The van der Waals surface area contributed by atoms with Crippen LogP contribution in [0.5, 0.6) is 5.88 Å². The first-order chi connectivity index (χ1) is 9.69. The van der Waals surface area contributed by atoms with E-state index in [0.29, 0.717) is 30.0 Å². The molecule has 3 N–H and O–H groups in total. The summed E-state index contributed by atoms with van der Waals surface area (Å²) in [4.78, 5) is 6.79. The van der Waals surface area contributed by atoms with Crippen molar-refractivity contribution >= 4 is 11.5 Å². The van der Waals surface area contributed by atoms with Crippen LogP contribution in [0.1, 0.15) is 26.2 Å². The molecule has 2 heterocycles. The zero-order valence-electron chi connectivity index (χ0n) is 12.0. The maximum absolute atomic E-state index is 9.99. The summed E-state index contributed by atoms with van der Waals surface area (Å²) in [7, 11) is 0. The minimum atomic E-state index is -0.144. The van der Waals surface area contributed by atoms with Gasteiger partial charge in [0.2, 0.25) is 5.88 Å². The van der Waals surface area contributed by atoms with Crippen LogP contribution in [-0.4, -0.2) is 35.9 Å². The molecular weight excluding hydrogens is 254 g/mol. The van der Waals surface area contributed by atoms with Gasteiger partial charge in [0.05, 0.1) is 18.4 Å². The molecule has 2 aliphatic rings. The van der Waals surface area contributed by atoms with Crippen LogP contribution in [0.15, 0.2) is 12.1 Å². The molecule has 110 valence electrons. The number of pyridine rings is 1. The van der Waals surface area contributed by atoms with E-state index >= 15 is 0 Å². The van der Waals surface area contributed by atoms with Crippen molar-refractivity contribution in [1.29, 1.82) is 0 Å². The van der Waals surface area contributed by atoms with Gasteiger partial charge in [0, 0.05) is 19.0 Å². The van der Waals surface area contributed by atoms with Gasteiger partial charge in [0.1, 0.15) is 5.82 Å². The lowest BCUT2D eigenvalue weighted by molar-refractivity contribution is 0.133. The highest BCUT2D eigenvalue weighted by molar-refractivity contribution is 5.55. The number of nitrogen functional groups attached to an aromatic ring is 1. The second kappa shape index (κ2) is 5.48. The SMILES string of the molecule is CCCOc1nc(N2CC3CCC(O)C3C2)ccc1N. The molecule has 3 unspecified atom stereocenters. The van der Waals surface area contributed by atoms with Crippen molar-refractivity contribution in [2.45, 2.75) is 32.3 Å². The Bertz CT molecular complexity index is 480. The van der Waals surface area contributed by atoms with Crippen molar-refractivity contribution in [3.8, 4) is 5.88 Å². The fraction of sp³-hybridized carbons (Fsp3) is 0.667. The van der Waals surface area contributed by atoms with Crippen molar-refractivity contribution in [3.05, 3.63) is 12.1 Å². The van der Waals surface area contributed by atoms with Gasteiger partial charge >= 0.3 is 0 Å². The van der Waals surface area contributed by atoms with E-state index in [4.69, 9.17) is 10.5 Å². The number of fused-ring (bicyclic) bond motifs is 1. The highest BCUT2D eigenvalue weighted by Gasteiger charge is 2.42. The zero-order chi connectivity index (χ0) is 14.1. The number of nitrogens with two attached hydrogens (primary N) is 1. The van der Waals surface area contributed by atoms with Crippen molar-refractivity contribution in [2.75, 3.05) is 30.3 Å². The second-order valence-electron chi connectivity index (χ2n) is 5.89. The Labute approximate surface area is 119 Å². The van der Waals surface area contributed by atoms with Crippen LogP contribution in [0, 0.1) is 11.8 Å². The molecule has 20 heavy (non-hydrogen) atoms. The minimum Gasteiger partial charge on any atom is -0.476 e. The van der Waals surface area contributed by atoms with Crippen molar-refractivity contribution < 1.29 is 9.84 Å². The van der Waals surface area contributed by atoms with Gasteiger partial charge in [0.15, 0.2) is 0 Å². The number of aromatic nitrogens is 1. The van der Waals surface area contributed by atoms with Crippen LogP contribution in [0.4, 0.5) is 11.5 Å². The first kappa shape index (κ1) is 13.5. The summed E-state index contributed by atoms with van der Waals surface area (Å²) in [5.74, 6) is 2.44. The van der Waals surface area contributed by atoms with E-state index in [9.17, 15) is 5.11 Å². The van der Waals surface area contributed by atoms with Crippen molar-refractivity contribution in [2.24, 2.45) is 11.8 Å². The summed E-state index contributed by atoms with van der Waals surface area (Å²) >= 11 is 0. The van der Waals surface area contributed by atoms with Gasteiger partial charge in [-0.2, -0.15) is 4.98 Å². The molecule has 1 aliphatic carbocycles. The summed E-state index contributed by atoms with van der Waals surface area (Å²) in [5.41, 5.74) is 6.48. The third kappa shape index (κ3) is 2.42. The van der Waals surface area contributed by atoms with Gasteiger partial charge in [-0.15, -0.1) is 0 Å². The summed E-state index contributed by atoms with van der Waals surface area (Å²) < 4.78 is 5.59. The third-order valence-corrected chi connectivity index (χ3v) is 4.46. The largest absolute Gasteiger partial charge is 0.476 e. The molecule has 2 fully saturated rings. The normalized spacial score (nSPS) is 28.7. The molecule has 0 amide bonds. The molecule has 5 nitrogen and oxygen atoms in total. The van der Waals surface area contributed by atoms with Crippen LogP contribution >= 0.6 is 0 Å². The smallest absolute Gasteiger partial charge is 0.239 e. The molecule has 0 radical (unpaired) electrons. The van der Waals surface area contributed by atoms with Crippen molar-refractivity contribution in [3.63, 3.8) is 0 Å². The van der Waals surface area contributed by atoms with Gasteiger partial charge in [-0.1, -0.05) is 6.92 Å². The molecule has 1 saturated carbocycles. The summed E-state index contributed by atoms with van der Waals surface area (Å²) in [6.45, 7) is 4.55. The Balaban J connectivity index is 1.74. The Morgan fingerprint density at radius 1 is 1.40 bits per heavy atom. The van der Waals surface area contributed by atoms with E-state index in [0.717, 1.165) is 38.2 Å². The molecule has 0 spiro atoms. The number of aliphatic hydroxyl groups is 1. The third-order valence-electron chi connectivity index (χ3n) is 4.46. The summed E-state index contributed by atoms with van der Waals surface area (Å²) in [6.07, 6.45) is 2.86. The molecule has 1 aromatic rings. The molecule has 0 aromatic carbocycles. The molecule has 3 rings (SSSR count). The predicted octanol–water partition coefficient (Wildman–Crippen LogP) is 1.66. The topological polar surface area (TPSA) is 71.6 Å². The molecule has 1 saturated heterocycles. The predicted molar refractivity (Wildman–Crippen MR) is 78.9 cm³/mol. The number of nitrogens with zero attached hydrogens (tertiary/aromatic N) is 2. The lowest BCUT2D eigenvalue weighted by atomic mass is 10.00. The second-order valence-corrected chi connectivity index (χ2v) is 5.89. The van der Waals surface area contributed by atoms with E-state index in [1.807, 2.05) is 12.1 Å². The fourth-order valence-corrected chi connectivity index (χ4v) is 3.36. The molecule has 0 bridgehead atoms. The molecule has 3 atom stereocenters. The van der Waals surface area contributed by atoms with Crippen LogP contribution in [0.25, 0.3) is 0 Å². The highest BCUT2D eigenvalue weighted by atomic mass is 16.5. The maximum atomic E-state index is 9.99. The number of ether oxygens (including phenoxy) is 1. The zero-order valence-corrected chi connectivity index (χ0v) is 12.0. The van der Waals surface area contributed by atoms with Crippen LogP contribution < -0.4 is 15.4 Å². The van der Waals surface area contributed by atoms with E-state index in [1.54, 1.807) is 0 Å². The fourth-order valence-electron chi connectivity index (χ4n) is 3.36.